The molecule has 0 unspecified atom stereocenters. The van der Waals surface area contributed by atoms with E-state index in [0.29, 0.717) is 24.5 Å². The van der Waals surface area contributed by atoms with Gasteiger partial charge in [-0.2, -0.15) is 0 Å². The van der Waals surface area contributed by atoms with Crippen LogP contribution in [0.3, 0.4) is 0 Å². The molecule has 1 fully saturated rings. The van der Waals surface area contributed by atoms with Crippen LogP contribution in [0.1, 0.15) is 12.0 Å². The summed E-state index contributed by atoms with van der Waals surface area (Å²) < 4.78 is 5.25. The number of nitrogens with zero attached hydrogens (tertiary/aromatic N) is 3. The Balaban J connectivity index is 1.40. The molecule has 0 bridgehead atoms. The van der Waals surface area contributed by atoms with Gasteiger partial charge in [0.25, 0.3) is 0 Å². The number of nitrogens with one attached hydrogen (secondary N) is 2. The number of methoxy groups -OCH3 is 1. The third-order valence-corrected chi connectivity index (χ3v) is 4.83. The van der Waals surface area contributed by atoms with E-state index in [0.717, 1.165) is 24.5 Å². The van der Waals surface area contributed by atoms with Gasteiger partial charge >= 0.3 is 6.03 Å². The van der Waals surface area contributed by atoms with Gasteiger partial charge < -0.3 is 25.2 Å². The number of urea groups is 1. The molecule has 1 aromatic heterocycles. The van der Waals surface area contributed by atoms with Gasteiger partial charge in [0, 0.05) is 45.3 Å². The van der Waals surface area contributed by atoms with Crippen LogP contribution in [-0.2, 0) is 4.79 Å². The van der Waals surface area contributed by atoms with Crippen molar-refractivity contribution in [2.24, 2.45) is 0 Å². The molecule has 2 N–H and O–H groups in total. The first-order valence-electron chi connectivity index (χ1n) is 9.70. The van der Waals surface area contributed by atoms with Gasteiger partial charge in [0.1, 0.15) is 11.6 Å². The van der Waals surface area contributed by atoms with Crippen molar-refractivity contribution in [2.75, 3.05) is 50.1 Å². The second kappa shape index (κ2) is 9.77. The summed E-state index contributed by atoms with van der Waals surface area (Å²) in [4.78, 5) is 32.9. The van der Waals surface area contributed by atoms with Crippen LogP contribution in [0.5, 0.6) is 5.75 Å². The lowest BCUT2D eigenvalue weighted by Crippen LogP contribution is -2.49. The molecule has 0 aliphatic carbocycles. The zero-order chi connectivity index (χ0) is 20.6. The van der Waals surface area contributed by atoms with E-state index >= 15 is 0 Å². The Morgan fingerprint density at radius 1 is 1.14 bits per heavy atom. The molecular weight excluding hydrogens is 370 g/mol. The molecule has 29 heavy (non-hydrogen) atoms. The van der Waals surface area contributed by atoms with Gasteiger partial charge in [-0.15, -0.1) is 0 Å². The average molecular weight is 397 g/mol. The summed E-state index contributed by atoms with van der Waals surface area (Å²) >= 11 is 0. The Kier molecular flexibility index (Phi) is 6.89. The zero-order valence-corrected chi connectivity index (χ0v) is 16.9. The highest BCUT2D eigenvalue weighted by Crippen LogP contribution is 2.24. The number of rotatable bonds is 6. The summed E-state index contributed by atoms with van der Waals surface area (Å²) in [6.45, 7) is 5.03. The van der Waals surface area contributed by atoms with Crippen molar-refractivity contribution >= 4 is 23.4 Å². The summed E-state index contributed by atoms with van der Waals surface area (Å²) in [5.41, 5.74) is 1.61. The van der Waals surface area contributed by atoms with Gasteiger partial charge in [0.15, 0.2) is 0 Å². The molecule has 0 radical (unpaired) electrons. The Morgan fingerprint density at radius 2 is 1.93 bits per heavy atom. The number of carbonyl (C=O) groups excluding carboxylic acids is 2. The maximum absolute atomic E-state index is 12.4. The number of anilines is 2. The Morgan fingerprint density at radius 3 is 2.62 bits per heavy atom. The molecule has 1 saturated heterocycles. The normalized spacial score (nSPS) is 13.7. The minimum absolute atomic E-state index is 0.0408. The van der Waals surface area contributed by atoms with Crippen LogP contribution in [0.2, 0.25) is 0 Å². The highest BCUT2D eigenvalue weighted by atomic mass is 16.5. The van der Waals surface area contributed by atoms with Crippen LogP contribution in [0.15, 0.2) is 42.6 Å². The molecule has 8 nitrogen and oxygen atoms in total. The number of amides is 3. The predicted octanol–water partition coefficient (Wildman–Crippen LogP) is 2.26. The van der Waals surface area contributed by atoms with Gasteiger partial charge in [0.2, 0.25) is 5.91 Å². The Labute approximate surface area is 170 Å². The highest BCUT2D eigenvalue weighted by molar-refractivity contribution is 5.91. The van der Waals surface area contributed by atoms with Crippen molar-refractivity contribution in [1.82, 2.24) is 15.2 Å². The van der Waals surface area contributed by atoms with Gasteiger partial charge in [-0.3, -0.25) is 4.79 Å². The Bertz CT molecular complexity index is 835. The van der Waals surface area contributed by atoms with Gasteiger partial charge in [0.05, 0.1) is 12.8 Å². The van der Waals surface area contributed by atoms with E-state index in [4.69, 9.17) is 4.74 Å². The minimum Gasteiger partial charge on any atom is -0.495 e. The molecule has 2 aromatic rings. The maximum Gasteiger partial charge on any atom is 0.319 e. The second-order valence-corrected chi connectivity index (χ2v) is 6.89. The van der Waals surface area contributed by atoms with Gasteiger partial charge in [-0.25, -0.2) is 9.78 Å². The summed E-state index contributed by atoms with van der Waals surface area (Å²) in [6.07, 6.45) is 2.04. The smallest absolute Gasteiger partial charge is 0.319 e. The summed E-state index contributed by atoms with van der Waals surface area (Å²) in [5, 5.41) is 5.50. The third kappa shape index (κ3) is 5.60. The van der Waals surface area contributed by atoms with Crippen LogP contribution in [0.4, 0.5) is 16.3 Å². The van der Waals surface area contributed by atoms with E-state index in [2.05, 4.69) is 20.5 Å². The topological polar surface area (TPSA) is 86.8 Å². The molecule has 8 heteroatoms. The van der Waals surface area contributed by atoms with Crippen molar-refractivity contribution in [1.29, 1.82) is 0 Å². The van der Waals surface area contributed by atoms with Crippen LogP contribution < -0.4 is 20.3 Å². The highest BCUT2D eigenvalue weighted by Gasteiger charge is 2.21. The standard InChI is InChI=1S/C21H27N5O3/c1-16-6-7-18(29-2)17(15-16)24-21(28)23-10-8-20(27)26-13-11-25(12-14-26)19-5-3-4-9-22-19/h3-7,9,15H,8,10-14H2,1-2H3,(H2,23,24,28). The van der Waals surface area contributed by atoms with E-state index in [1.807, 2.05) is 42.2 Å². The molecule has 1 aliphatic rings. The molecule has 0 saturated carbocycles. The van der Waals surface area contributed by atoms with Crippen LogP contribution in [0.25, 0.3) is 0 Å². The van der Waals surface area contributed by atoms with E-state index in [1.165, 1.54) is 0 Å². The van der Waals surface area contributed by atoms with Crippen molar-refractivity contribution in [3.8, 4) is 5.75 Å². The first-order chi connectivity index (χ1) is 14.1. The number of hydrogen-bond donors (Lipinski definition) is 2. The predicted molar refractivity (Wildman–Crippen MR) is 112 cm³/mol. The number of aryl methyl sites for hydroxylation is 1. The third-order valence-electron chi connectivity index (χ3n) is 4.83. The molecule has 2 heterocycles. The van der Waals surface area contributed by atoms with E-state index < -0.39 is 0 Å². The number of ether oxygens (including phenoxy) is 1. The lowest BCUT2D eigenvalue weighted by Gasteiger charge is -2.35. The largest absolute Gasteiger partial charge is 0.495 e. The Hall–Kier alpha value is -3.29. The molecule has 3 rings (SSSR count). The number of piperazine rings is 1. The first-order valence-corrected chi connectivity index (χ1v) is 9.70. The summed E-state index contributed by atoms with van der Waals surface area (Å²) in [6, 6.07) is 11.0. The van der Waals surface area contributed by atoms with E-state index in [-0.39, 0.29) is 24.9 Å². The fraction of sp³-hybridized carbons (Fsp3) is 0.381. The minimum atomic E-state index is -0.360. The molecule has 3 amide bonds. The molecular formula is C21H27N5O3. The van der Waals surface area contributed by atoms with Gasteiger partial charge in [-0.05, 0) is 36.8 Å². The lowest BCUT2D eigenvalue weighted by molar-refractivity contribution is -0.131. The maximum atomic E-state index is 12.4. The number of aromatic nitrogens is 1. The van der Waals surface area contributed by atoms with Crippen LogP contribution in [0, 0.1) is 6.92 Å². The summed E-state index contributed by atoms with van der Waals surface area (Å²) in [7, 11) is 1.56. The lowest BCUT2D eigenvalue weighted by atomic mass is 10.2. The van der Waals surface area contributed by atoms with Crippen molar-refractivity contribution in [2.45, 2.75) is 13.3 Å². The van der Waals surface area contributed by atoms with Crippen molar-refractivity contribution in [3.63, 3.8) is 0 Å². The molecule has 154 valence electrons. The fourth-order valence-corrected chi connectivity index (χ4v) is 3.25. The number of hydrogen-bond acceptors (Lipinski definition) is 5. The number of carbonyl (C=O) groups is 2. The van der Waals surface area contributed by atoms with Crippen molar-refractivity contribution in [3.05, 3.63) is 48.2 Å². The monoisotopic (exact) mass is 397 g/mol. The van der Waals surface area contributed by atoms with Gasteiger partial charge in [-0.1, -0.05) is 12.1 Å². The van der Waals surface area contributed by atoms with E-state index in [1.54, 1.807) is 19.4 Å². The van der Waals surface area contributed by atoms with Crippen LogP contribution in [-0.4, -0.2) is 61.7 Å². The molecule has 1 aromatic carbocycles. The van der Waals surface area contributed by atoms with Crippen LogP contribution >= 0.6 is 0 Å². The molecule has 0 spiro atoms. The van der Waals surface area contributed by atoms with Crippen molar-refractivity contribution < 1.29 is 14.3 Å². The first kappa shape index (κ1) is 20.4. The molecule has 0 atom stereocenters. The fourth-order valence-electron chi connectivity index (χ4n) is 3.25. The second-order valence-electron chi connectivity index (χ2n) is 6.89. The number of benzene rings is 1. The van der Waals surface area contributed by atoms with E-state index in [9.17, 15) is 9.59 Å². The quantitative estimate of drug-likeness (QED) is 0.781. The zero-order valence-electron chi connectivity index (χ0n) is 16.9. The SMILES string of the molecule is COc1ccc(C)cc1NC(=O)NCCC(=O)N1CCN(c2ccccn2)CC1. The average Bonchev–Trinajstić information content (AvgIpc) is 2.74. The number of pyridine rings is 1. The molecule has 1 aliphatic heterocycles. The summed E-state index contributed by atoms with van der Waals surface area (Å²) in [5.74, 6) is 1.57.